The average Bonchev–Trinajstić information content (AvgIpc) is 2.41. The molecule has 11 N–H and O–H groups in total. The molecule has 0 spiro atoms. The third-order valence-electron chi connectivity index (χ3n) is 2.47. The molecule has 0 bridgehead atoms. The van der Waals surface area contributed by atoms with Gasteiger partial charge in [0.2, 0.25) is 17.7 Å². The van der Waals surface area contributed by atoms with E-state index >= 15 is 0 Å². The molecule has 0 heterocycles. The summed E-state index contributed by atoms with van der Waals surface area (Å²) in [5.41, 5.74) is 24.4. The lowest BCUT2D eigenvalue weighted by atomic mass is 10.2. The van der Waals surface area contributed by atoms with E-state index in [0.29, 0.717) is 19.4 Å². The largest absolute Gasteiger partial charge is 0.370 e. The van der Waals surface area contributed by atoms with E-state index in [1.165, 1.54) is 0 Å². The summed E-state index contributed by atoms with van der Waals surface area (Å²) in [7, 11) is 0. The zero-order valence-electron chi connectivity index (χ0n) is 12.5. The van der Waals surface area contributed by atoms with Crippen LogP contribution in [-0.2, 0) is 14.4 Å². The molecule has 0 unspecified atom stereocenters. The Hall–Kier alpha value is -2.89. The number of nitrogens with two attached hydrogens (primary N) is 4. The van der Waals surface area contributed by atoms with Gasteiger partial charge in [0.25, 0.3) is 0 Å². The summed E-state index contributed by atoms with van der Waals surface area (Å²) in [5, 5.41) is 2.02. The van der Waals surface area contributed by atoms with Gasteiger partial charge in [-0.3, -0.25) is 30.1 Å². The highest BCUT2D eigenvalue weighted by atomic mass is 16.2. The van der Waals surface area contributed by atoms with E-state index in [9.17, 15) is 19.2 Å². The fourth-order valence-corrected chi connectivity index (χ4v) is 1.40. The number of hydrogen-bond donors (Lipinski definition) is 7. The average molecular weight is 330 g/mol. The van der Waals surface area contributed by atoms with Gasteiger partial charge in [0.1, 0.15) is 6.04 Å². The molecule has 0 aromatic rings. The quantitative estimate of drug-likeness (QED) is 0.0924. The standard InChI is InChI=1S/C11H22N8O4/c12-7(20)5-6(9(13)22)18-19-11(23)17-8(21)3-1-2-4-16-10(14)15/h6,18H,1-5H2,(H2,12,20)(H2,13,22)(H4,14,15,16)(H2,17,19,21,23)/t6-/m0/s1. The van der Waals surface area contributed by atoms with E-state index < -0.39 is 36.2 Å². The predicted molar refractivity (Wildman–Crippen MR) is 81.1 cm³/mol. The van der Waals surface area contributed by atoms with Crippen LogP contribution in [0.25, 0.3) is 0 Å². The highest BCUT2D eigenvalue weighted by Gasteiger charge is 2.18. The van der Waals surface area contributed by atoms with Crippen LogP contribution in [0.15, 0.2) is 4.99 Å². The molecule has 12 nitrogen and oxygen atoms in total. The molecule has 5 amide bonds. The Balaban J connectivity index is 3.99. The second-order valence-electron chi connectivity index (χ2n) is 4.54. The number of carbonyl (C=O) groups is 4. The van der Waals surface area contributed by atoms with E-state index in [4.69, 9.17) is 22.9 Å². The molecule has 0 aromatic carbocycles. The number of aliphatic imine (C=N–C) groups is 1. The minimum atomic E-state index is -1.17. The molecule has 0 aliphatic heterocycles. The Bertz CT molecular complexity index is 475. The highest BCUT2D eigenvalue weighted by molar-refractivity contribution is 5.94. The molecular weight excluding hydrogens is 308 g/mol. The molecule has 130 valence electrons. The van der Waals surface area contributed by atoms with Crippen molar-refractivity contribution in [1.29, 1.82) is 0 Å². The number of carbonyl (C=O) groups excluding carboxylic acids is 4. The molecule has 23 heavy (non-hydrogen) atoms. The number of hydrazine groups is 1. The van der Waals surface area contributed by atoms with Crippen molar-refractivity contribution >= 4 is 29.7 Å². The first kappa shape index (κ1) is 20.1. The number of nitrogens with zero attached hydrogens (tertiary/aromatic N) is 1. The maximum Gasteiger partial charge on any atom is 0.335 e. The third-order valence-corrected chi connectivity index (χ3v) is 2.47. The molecule has 0 aliphatic rings. The minimum absolute atomic E-state index is 0.0279. The molecular formula is C11H22N8O4. The van der Waals surface area contributed by atoms with Crippen LogP contribution in [0.3, 0.4) is 0 Å². The van der Waals surface area contributed by atoms with Gasteiger partial charge in [-0.25, -0.2) is 10.2 Å². The molecule has 1 atom stereocenters. The van der Waals surface area contributed by atoms with Gasteiger partial charge >= 0.3 is 6.03 Å². The van der Waals surface area contributed by atoms with Crippen LogP contribution in [0.4, 0.5) is 4.79 Å². The Labute approximate surface area is 132 Å². The topological polar surface area (TPSA) is 221 Å². The van der Waals surface area contributed by atoms with Gasteiger partial charge in [-0.05, 0) is 12.8 Å². The van der Waals surface area contributed by atoms with Crippen LogP contribution in [0.5, 0.6) is 0 Å². The first-order valence-corrected chi connectivity index (χ1v) is 6.70. The SMILES string of the molecule is NC(=O)C[C@H](NNC(=O)NC(=O)CCCCN=C(N)N)C(N)=O. The number of unbranched alkanes of at least 4 members (excludes halogenated alkanes) is 1. The summed E-state index contributed by atoms with van der Waals surface area (Å²) in [6.07, 6.45) is 0.755. The van der Waals surface area contributed by atoms with Crippen LogP contribution < -0.4 is 39.1 Å². The molecule has 0 aliphatic carbocycles. The second kappa shape index (κ2) is 10.8. The maximum absolute atomic E-state index is 11.5. The van der Waals surface area contributed by atoms with Crippen molar-refractivity contribution in [2.75, 3.05) is 6.54 Å². The first-order valence-electron chi connectivity index (χ1n) is 6.70. The zero-order valence-corrected chi connectivity index (χ0v) is 12.5. The summed E-state index contributed by atoms with van der Waals surface area (Å²) < 4.78 is 0. The van der Waals surface area contributed by atoms with Crippen LogP contribution >= 0.6 is 0 Å². The van der Waals surface area contributed by atoms with Gasteiger partial charge in [-0.1, -0.05) is 0 Å². The van der Waals surface area contributed by atoms with Gasteiger partial charge < -0.3 is 22.9 Å². The molecule has 0 rings (SSSR count). The van der Waals surface area contributed by atoms with E-state index in [1.54, 1.807) is 0 Å². The smallest absolute Gasteiger partial charge is 0.335 e. The summed E-state index contributed by atoms with van der Waals surface area (Å²) in [6.45, 7) is 0.386. The normalized spacial score (nSPS) is 11.1. The lowest BCUT2D eigenvalue weighted by Crippen LogP contribution is -2.55. The van der Waals surface area contributed by atoms with Crippen molar-refractivity contribution in [3.8, 4) is 0 Å². The number of primary amides is 2. The fourth-order valence-electron chi connectivity index (χ4n) is 1.40. The van der Waals surface area contributed by atoms with Crippen molar-refractivity contribution in [3.05, 3.63) is 0 Å². The number of rotatable bonds is 10. The predicted octanol–water partition coefficient (Wildman–Crippen LogP) is -3.51. The lowest BCUT2D eigenvalue weighted by molar-refractivity contribution is -0.125. The fraction of sp³-hybridized carbons (Fsp3) is 0.545. The Morgan fingerprint density at radius 2 is 1.65 bits per heavy atom. The van der Waals surface area contributed by atoms with Crippen LogP contribution in [0, 0.1) is 0 Å². The highest BCUT2D eigenvalue weighted by Crippen LogP contribution is 1.95. The summed E-state index contributed by atoms with van der Waals surface area (Å²) >= 11 is 0. The molecule has 12 heteroatoms. The molecule has 0 fully saturated rings. The Morgan fingerprint density at radius 3 is 2.17 bits per heavy atom. The zero-order chi connectivity index (χ0) is 17.8. The number of hydrogen-bond acceptors (Lipinski definition) is 6. The van der Waals surface area contributed by atoms with Gasteiger partial charge in [0, 0.05) is 13.0 Å². The summed E-state index contributed by atoms with van der Waals surface area (Å²) in [6, 6.07) is -2.07. The molecule has 0 saturated carbocycles. The minimum Gasteiger partial charge on any atom is -0.370 e. The lowest BCUT2D eigenvalue weighted by Gasteiger charge is -2.14. The number of amides is 5. The number of nitrogens with one attached hydrogen (secondary N) is 3. The van der Waals surface area contributed by atoms with Crippen molar-refractivity contribution < 1.29 is 19.2 Å². The molecule has 0 aromatic heterocycles. The van der Waals surface area contributed by atoms with E-state index in [1.807, 2.05) is 10.7 Å². The van der Waals surface area contributed by atoms with Crippen molar-refractivity contribution in [1.82, 2.24) is 16.2 Å². The molecule has 0 radical (unpaired) electrons. The van der Waals surface area contributed by atoms with Crippen molar-refractivity contribution in [3.63, 3.8) is 0 Å². The molecule has 0 saturated heterocycles. The van der Waals surface area contributed by atoms with Crippen LogP contribution in [-0.4, -0.2) is 42.3 Å². The van der Waals surface area contributed by atoms with Crippen LogP contribution in [0.1, 0.15) is 25.7 Å². The number of guanidine groups is 1. The first-order chi connectivity index (χ1) is 10.7. The van der Waals surface area contributed by atoms with Gasteiger partial charge in [-0.15, -0.1) is 0 Å². The van der Waals surface area contributed by atoms with E-state index in [0.717, 1.165) is 0 Å². The van der Waals surface area contributed by atoms with E-state index in [-0.39, 0.29) is 12.4 Å². The Morgan fingerprint density at radius 1 is 1.00 bits per heavy atom. The number of urea groups is 1. The summed E-state index contributed by atoms with van der Waals surface area (Å²) in [5.74, 6) is -2.21. The summed E-state index contributed by atoms with van der Waals surface area (Å²) in [4.78, 5) is 48.3. The van der Waals surface area contributed by atoms with Gasteiger partial charge in [0.05, 0.1) is 6.42 Å². The third kappa shape index (κ3) is 11.4. The monoisotopic (exact) mass is 330 g/mol. The van der Waals surface area contributed by atoms with Crippen molar-refractivity contribution in [2.45, 2.75) is 31.7 Å². The maximum atomic E-state index is 11.5. The number of imide groups is 1. The van der Waals surface area contributed by atoms with Gasteiger partial charge in [-0.2, -0.15) is 0 Å². The van der Waals surface area contributed by atoms with E-state index in [2.05, 4.69) is 10.4 Å². The van der Waals surface area contributed by atoms with Crippen molar-refractivity contribution in [2.24, 2.45) is 27.9 Å². The van der Waals surface area contributed by atoms with Gasteiger partial charge in [0.15, 0.2) is 5.96 Å². The van der Waals surface area contributed by atoms with Crippen LogP contribution in [0.2, 0.25) is 0 Å². The Kier molecular flexibility index (Phi) is 9.43. The second-order valence-corrected chi connectivity index (χ2v) is 4.54.